The molecule has 2 rings (SSSR count). The second kappa shape index (κ2) is 6.42. The molecule has 0 heterocycles. The lowest BCUT2D eigenvalue weighted by atomic mass is 10.1. The van der Waals surface area contributed by atoms with Gasteiger partial charge < -0.3 is 9.90 Å². The Labute approximate surface area is 120 Å². The summed E-state index contributed by atoms with van der Waals surface area (Å²) in [4.78, 5) is 11.8. The van der Waals surface area contributed by atoms with Crippen LogP contribution in [0.1, 0.15) is 15.9 Å². The Morgan fingerprint density at radius 3 is 2.45 bits per heavy atom. The number of carbonyl (C=O) groups is 1. The second-order valence-corrected chi connectivity index (χ2v) is 5.07. The fourth-order valence-electron chi connectivity index (χ4n) is 1.68. The topological polar surface area (TPSA) is 83.8 Å². The lowest BCUT2D eigenvalue weighted by Gasteiger charge is -2.15. The van der Waals surface area contributed by atoms with Crippen LogP contribution in [0.4, 0.5) is 5.69 Å². The van der Waals surface area contributed by atoms with Gasteiger partial charge in [-0.05, 0) is 29.3 Å². The Bertz CT molecular complexity index is 601. The third-order valence-corrected chi connectivity index (χ3v) is 3.73. The quantitative estimate of drug-likeness (QED) is 0.646. The number of hydrogen-bond acceptors (Lipinski definition) is 6. The summed E-state index contributed by atoms with van der Waals surface area (Å²) in [7, 11) is 0. The number of carbonyl (C=O) groups excluding carboxylic acids is 1. The van der Waals surface area contributed by atoms with E-state index in [1.165, 1.54) is 23.9 Å². The number of benzene rings is 2. The van der Waals surface area contributed by atoms with E-state index in [1.54, 1.807) is 0 Å². The zero-order valence-corrected chi connectivity index (χ0v) is 11.2. The van der Waals surface area contributed by atoms with Gasteiger partial charge in [-0.1, -0.05) is 30.3 Å². The van der Waals surface area contributed by atoms with Crippen molar-refractivity contribution in [2.45, 2.75) is 10.6 Å². The molecular formula is C14H12NO4S-. The highest BCUT2D eigenvalue weighted by molar-refractivity contribution is 7.98. The zero-order valence-electron chi connectivity index (χ0n) is 10.4. The van der Waals surface area contributed by atoms with E-state index in [9.17, 15) is 20.3 Å². The van der Waals surface area contributed by atoms with E-state index in [1.807, 2.05) is 30.3 Å². The van der Waals surface area contributed by atoms with Gasteiger partial charge in [-0.2, -0.15) is 0 Å². The van der Waals surface area contributed by atoms with E-state index in [0.29, 0.717) is 11.3 Å². The highest BCUT2D eigenvalue weighted by atomic mass is 32.2. The summed E-state index contributed by atoms with van der Waals surface area (Å²) >= 11 is 1.51. The minimum absolute atomic E-state index is 0.0233. The summed E-state index contributed by atoms with van der Waals surface area (Å²) in [6.07, 6.45) is 0. The Hall–Kier alpha value is -2.02. The van der Waals surface area contributed by atoms with Crippen LogP contribution in [-0.4, -0.2) is 16.4 Å². The van der Waals surface area contributed by atoms with Crippen molar-refractivity contribution in [2.75, 3.05) is 5.23 Å². The molecule has 0 aromatic heterocycles. The summed E-state index contributed by atoms with van der Waals surface area (Å²) < 4.78 is 0. The standard InChI is InChI=1S/C14H13NO4S/c16-14(17)10-6-7-11(13(8-10)15(18)19)9-20-12-4-2-1-3-5-12/h1-8,18-19H,9H2,(H,16,17)/p-1. The number of carboxylic acid groups (broad SMARTS) is 1. The van der Waals surface area contributed by atoms with Crippen molar-refractivity contribution in [1.29, 1.82) is 0 Å². The van der Waals surface area contributed by atoms with Gasteiger partial charge in [0.1, 0.15) is 0 Å². The molecule has 0 bridgehead atoms. The monoisotopic (exact) mass is 290 g/mol. The summed E-state index contributed by atoms with van der Waals surface area (Å²) in [5.41, 5.74) is 0.519. The molecule has 2 aromatic carbocycles. The summed E-state index contributed by atoms with van der Waals surface area (Å²) in [6.45, 7) is 0. The van der Waals surface area contributed by atoms with E-state index in [4.69, 9.17) is 0 Å². The molecule has 6 heteroatoms. The lowest BCUT2D eigenvalue weighted by molar-refractivity contribution is -0.255. The number of rotatable bonds is 5. The average Bonchev–Trinajstić information content (AvgIpc) is 2.45. The van der Waals surface area contributed by atoms with Crippen LogP contribution in [0.5, 0.6) is 0 Å². The van der Waals surface area contributed by atoms with Crippen LogP contribution >= 0.6 is 11.8 Å². The van der Waals surface area contributed by atoms with Crippen LogP contribution < -0.4 is 10.3 Å². The van der Waals surface area contributed by atoms with Crippen molar-refractivity contribution >= 4 is 23.4 Å². The fraction of sp³-hybridized carbons (Fsp3) is 0.0714. The first kappa shape index (κ1) is 14.4. The SMILES string of the molecule is O=C([O-])c1ccc(CSc2ccccc2)c(N(O)O)c1. The van der Waals surface area contributed by atoms with Gasteiger partial charge in [0.25, 0.3) is 0 Å². The van der Waals surface area contributed by atoms with Crippen molar-refractivity contribution in [1.82, 2.24) is 0 Å². The Kier molecular flexibility index (Phi) is 4.62. The maximum absolute atomic E-state index is 10.8. The second-order valence-electron chi connectivity index (χ2n) is 4.02. The van der Waals surface area contributed by atoms with Crippen LogP contribution in [0.15, 0.2) is 53.4 Å². The molecule has 0 aliphatic carbocycles. The number of carboxylic acids is 1. The summed E-state index contributed by atoms with van der Waals surface area (Å²) in [6, 6.07) is 13.7. The average molecular weight is 290 g/mol. The number of thioether (sulfide) groups is 1. The number of nitrogens with zero attached hydrogens (tertiary/aromatic N) is 1. The third-order valence-electron chi connectivity index (χ3n) is 2.67. The van der Waals surface area contributed by atoms with Crippen LogP contribution in [0, 0.1) is 0 Å². The number of hydrogen-bond donors (Lipinski definition) is 2. The van der Waals surface area contributed by atoms with Crippen molar-refractivity contribution < 1.29 is 20.3 Å². The number of aromatic carboxylic acids is 1. The molecule has 5 nitrogen and oxygen atoms in total. The molecule has 0 aliphatic rings. The molecule has 0 unspecified atom stereocenters. The molecule has 20 heavy (non-hydrogen) atoms. The summed E-state index contributed by atoms with van der Waals surface area (Å²) in [5, 5.41) is 29.0. The maximum Gasteiger partial charge on any atom is 0.0989 e. The molecule has 0 radical (unpaired) electrons. The van der Waals surface area contributed by atoms with Crippen molar-refractivity contribution in [2.24, 2.45) is 0 Å². The molecule has 2 aromatic rings. The highest BCUT2D eigenvalue weighted by Gasteiger charge is 2.10. The minimum atomic E-state index is -1.37. The minimum Gasteiger partial charge on any atom is -0.545 e. The first-order valence-corrected chi connectivity index (χ1v) is 6.76. The molecular weight excluding hydrogens is 278 g/mol. The van der Waals surface area contributed by atoms with Gasteiger partial charge in [0.05, 0.1) is 11.7 Å². The smallest absolute Gasteiger partial charge is 0.0989 e. The normalized spacial score (nSPS) is 10.3. The summed E-state index contributed by atoms with van der Waals surface area (Å²) in [5.74, 6) is -0.889. The first-order chi connectivity index (χ1) is 9.58. The van der Waals surface area contributed by atoms with Crippen LogP contribution in [0.25, 0.3) is 0 Å². The van der Waals surface area contributed by atoms with E-state index < -0.39 is 5.97 Å². The van der Waals surface area contributed by atoms with Gasteiger partial charge in [0.2, 0.25) is 0 Å². The highest BCUT2D eigenvalue weighted by Crippen LogP contribution is 2.28. The Morgan fingerprint density at radius 1 is 1.15 bits per heavy atom. The number of anilines is 1. The predicted octanol–water partition coefficient (Wildman–Crippen LogP) is 1.93. The van der Waals surface area contributed by atoms with Gasteiger partial charge in [-0.25, -0.2) is 0 Å². The van der Waals surface area contributed by atoms with E-state index in [2.05, 4.69) is 0 Å². The van der Waals surface area contributed by atoms with Crippen LogP contribution in [-0.2, 0) is 5.75 Å². The fourth-order valence-corrected chi connectivity index (χ4v) is 2.59. The van der Waals surface area contributed by atoms with Crippen molar-refractivity contribution in [3.8, 4) is 0 Å². The zero-order chi connectivity index (χ0) is 14.5. The lowest BCUT2D eigenvalue weighted by Crippen LogP contribution is -2.23. The molecule has 0 spiro atoms. The predicted molar refractivity (Wildman–Crippen MR) is 72.8 cm³/mol. The molecule has 0 saturated heterocycles. The molecule has 2 N–H and O–H groups in total. The third kappa shape index (κ3) is 3.51. The van der Waals surface area contributed by atoms with Crippen molar-refractivity contribution in [3.63, 3.8) is 0 Å². The van der Waals surface area contributed by atoms with Gasteiger partial charge in [0, 0.05) is 10.6 Å². The molecule has 0 aliphatic heterocycles. The van der Waals surface area contributed by atoms with Gasteiger partial charge in [-0.3, -0.25) is 10.4 Å². The Balaban J connectivity index is 2.20. The molecule has 0 saturated carbocycles. The largest absolute Gasteiger partial charge is 0.545 e. The van der Waals surface area contributed by atoms with Gasteiger partial charge in [0.15, 0.2) is 0 Å². The van der Waals surface area contributed by atoms with Crippen molar-refractivity contribution in [3.05, 3.63) is 59.7 Å². The first-order valence-electron chi connectivity index (χ1n) is 5.78. The molecule has 0 atom stereocenters. The molecule has 0 amide bonds. The van der Waals surface area contributed by atoms with E-state index in [0.717, 1.165) is 11.0 Å². The van der Waals surface area contributed by atoms with Gasteiger partial charge in [-0.15, -0.1) is 17.0 Å². The maximum atomic E-state index is 10.8. The van der Waals surface area contributed by atoms with E-state index in [-0.39, 0.29) is 16.5 Å². The van der Waals surface area contributed by atoms with E-state index >= 15 is 0 Å². The van der Waals surface area contributed by atoms with Crippen LogP contribution in [0.3, 0.4) is 0 Å². The van der Waals surface area contributed by atoms with Gasteiger partial charge >= 0.3 is 0 Å². The Morgan fingerprint density at radius 2 is 1.85 bits per heavy atom. The molecule has 104 valence electrons. The molecule has 0 fully saturated rings. The van der Waals surface area contributed by atoms with Crippen LogP contribution in [0.2, 0.25) is 0 Å².